The first-order chi connectivity index (χ1) is 13.9. The molecule has 1 aliphatic heterocycles. The zero-order chi connectivity index (χ0) is 20.4. The lowest BCUT2D eigenvalue weighted by Gasteiger charge is -2.21. The molecule has 152 valence electrons. The van der Waals surface area contributed by atoms with Gasteiger partial charge in [0.15, 0.2) is 18.1 Å². The first kappa shape index (κ1) is 19.1. The number of anilines is 2. The van der Waals surface area contributed by atoms with Gasteiger partial charge in [-0.2, -0.15) is 0 Å². The van der Waals surface area contributed by atoms with E-state index < -0.39 is 17.7 Å². The fourth-order valence-electron chi connectivity index (χ4n) is 3.60. The van der Waals surface area contributed by atoms with E-state index in [4.69, 9.17) is 14.2 Å². The van der Waals surface area contributed by atoms with Gasteiger partial charge in [-0.1, -0.05) is 0 Å². The van der Waals surface area contributed by atoms with Crippen molar-refractivity contribution < 1.29 is 23.8 Å². The Morgan fingerprint density at radius 1 is 1.03 bits per heavy atom. The third-order valence-electron chi connectivity index (χ3n) is 5.14. The van der Waals surface area contributed by atoms with Crippen molar-refractivity contribution in [1.82, 2.24) is 0 Å². The lowest BCUT2D eigenvalue weighted by Crippen LogP contribution is -2.34. The first-order valence-electron chi connectivity index (χ1n) is 9.71. The molecule has 1 saturated carbocycles. The first-order valence-corrected chi connectivity index (χ1v) is 9.71. The summed E-state index contributed by atoms with van der Waals surface area (Å²) in [4.78, 5) is 26.2. The Morgan fingerprint density at radius 2 is 1.72 bits per heavy atom. The highest BCUT2D eigenvalue weighted by molar-refractivity contribution is 5.95. The van der Waals surface area contributed by atoms with Crippen molar-refractivity contribution in [2.24, 2.45) is 0 Å². The maximum absolute atomic E-state index is 12.2. The second-order valence-electron chi connectivity index (χ2n) is 7.55. The average molecular weight is 396 g/mol. The highest BCUT2D eigenvalue weighted by Gasteiger charge is 2.44. The third kappa shape index (κ3) is 4.13. The fraction of sp³-hybridized carbons (Fsp3) is 0.364. The highest BCUT2D eigenvalue weighted by Crippen LogP contribution is 2.47. The summed E-state index contributed by atoms with van der Waals surface area (Å²) >= 11 is 0. The normalized spacial score (nSPS) is 15.9. The molecule has 1 heterocycles. The van der Waals surface area contributed by atoms with Crippen LogP contribution in [0.3, 0.4) is 0 Å². The van der Waals surface area contributed by atoms with Gasteiger partial charge in [0.25, 0.3) is 11.7 Å². The van der Waals surface area contributed by atoms with Gasteiger partial charge in [-0.05, 0) is 49.2 Å². The van der Waals surface area contributed by atoms with Crippen molar-refractivity contribution in [1.29, 1.82) is 0 Å². The summed E-state index contributed by atoms with van der Waals surface area (Å²) in [7, 11) is 3.84. The largest absolute Gasteiger partial charge is 0.452 e. The van der Waals surface area contributed by atoms with Crippen LogP contribution in [0, 0.1) is 0 Å². The van der Waals surface area contributed by atoms with Gasteiger partial charge in [0.05, 0.1) is 5.56 Å². The molecule has 2 aromatic carbocycles. The molecule has 7 nitrogen and oxygen atoms in total. The molecule has 2 aromatic rings. The fourth-order valence-corrected chi connectivity index (χ4v) is 3.60. The smallest absolute Gasteiger partial charge is 0.338 e. The molecule has 0 atom stereocenters. The minimum Gasteiger partial charge on any atom is -0.452 e. The van der Waals surface area contributed by atoms with Crippen LogP contribution >= 0.6 is 0 Å². The van der Waals surface area contributed by atoms with Crippen LogP contribution in [0.5, 0.6) is 11.5 Å². The number of nitrogens with zero attached hydrogens (tertiary/aromatic N) is 1. The van der Waals surface area contributed by atoms with Gasteiger partial charge < -0.3 is 24.4 Å². The van der Waals surface area contributed by atoms with Gasteiger partial charge in [-0.15, -0.1) is 0 Å². The minimum atomic E-state index is -0.542. The van der Waals surface area contributed by atoms with Crippen LogP contribution in [0.15, 0.2) is 42.5 Å². The molecular formula is C22H24N2O5. The molecule has 2 aliphatic rings. The second-order valence-corrected chi connectivity index (χ2v) is 7.55. The summed E-state index contributed by atoms with van der Waals surface area (Å²) < 4.78 is 17.1. The summed E-state index contributed by atoms with van der Waals surface area (Å²) in [6.45, 7) is -0.368. The van der Waals surface area contributed by atoms with Crippen LogP contribution in [0.2, 0.25) is 0 Å². The van der Waals surface area contributed by atoms with Crippen LogP contribution in [0.4, 0.5) is 11.4 Å². The minimum absolute atomic E-state index is 0.368. The molecule has 0 bridgehead atoms. The summed E-state index contributed by atoms with van der Waals surface area (Å²) in [6.07, 6.45) is 3.91. The number of rotatable bonds is 5. The van der Waals surface area contributed by atoms with Gasteiger partial charge in [0, 0.05) is 44.4 Å². The molecule has 1 N–H and O–H groups in total. The molecule has 0 unspecified atom stereocenters. The number of hydrogen-bond donors (Lipinski definition) is 1. The molecule has 0 saturated heterocycles. The van der Waals surface area contributed by atoms with E-state index in [-0.39, 0.29) is 6.61 Å². The maximum atomic E-state index is 12.2. The number of amides is 1. The Hall–Kier alpha value is -3.22. The van der Waals surface area contributed by atoms with Crippen LogP contribution in [0.25, 0.3) is 0 Å². The Balaban J connectivity index is 1.31. The lowest BCUT2D eigenvalue weighted by atomic mass is 10.2. The third-order valence-corrected chi connectivity index (χ3v) is 5.14. The number of nitrogens with one attached hydrogen (secondary N) is 1. The van der Waals surface area contributed by atoms with Crippen molar-refractivity contribution in [2.75, 3.05) is 30.9 Å². The van der Waals surface area contributed by atoms with E-state index in [0.717, 1.165) is 31.4 Å². The van der Waals surface area contributed by atoms with E-state index in [2.05, 4.69) is 5.32 Å². The highest BCUT2D eigenvalue weighted by atomic mass is 16.7. The number of ether oxygens (including phenoxy) is 3. The molecule has 29 heavy (non-hydrogen) atoms. The molecule has 1 spiro atoms. The molecule has 1 fully saturated rings. The van der Waals surface area contributed by atoms with Gasteiger partial charge in [-0.25, -0.2) is 4.79 Å². The van der Waals surface area contributed by atoms with E-state index in [1.807, 2.05) is 31.1 Å². The van der Waals surface area contributed by atoms with Crippen molar-refractivity contribution >= 4 is 23.3 Å². The van der Waals surface area contributed by atoms with Crippen molar-refractivity contribution in [2.45, 2.75) is 31.5 Å². The predicted octanol–water partition coefficient (Wildman–Crippen LogP) is 3.59. The van der Waals surface area contributed by atoms with Gasteiger partial charge in [0.2, 0.25) is 0 Å². The standard InChI is InChI=1S/C22H24N2O5/c1-24(2)17-8-5-15(6-9-17)21(26)27-14-20(25)23-16-7-10-18-19(13-16)29-22(28-18)11-3-4-12-22/h5-10,13H,3-4,11-12,14H2,1-2H3,(H,23,25). The number of carbonyl (C=O) groups is 2. The van der Waals surface area contributed by atoms with Crippen LogP contribution in [-0.2, 0) is 9.53 Å². The summed E-state index contributed by atoms with van der Waals surface area (Å²) in [5.74, 6) is -0.181. The number of hydrogen-bond acceptors (Lipinski definition) is 6. The second kappa shape index (κ2) is 7.66. The Morgan fingerprint density at radius 3 is 2.41 bits per heavy atom. The van der Waals surface area contributed by atoms with E-state index >= 15 is 0 Å². The topological polar surface area (TPSA) is 77.1 Å². The molecule has 7 heteroatoms. The van der Waals surface area contributed by atoms with Crippen molar-refractivity contribution in [3.05, 3.63) is 48.0 Å². The maximum Gasteiger partial charge on any atom is 0.338 e. The van der Waals surface area contributed by atoms with Crippen LogP contribution in [-0.4, -0.2) is 38.4 Å². The van der Waals surface area contributed by atoms with Gasteiger partial charge >= 0.3 is 5.97 Å². The molecule has 0 radical (unpaired) electrons. The van der Waals surface area contributed by atoms with Crippen molar-refractivity contribution in [3.8, 4) is 11.5 Å². The Bertz CT molecular complexity index is 917. The van der Waals surface area contributed by atoms with E-state index in [1.165, 1.54) is 0 Å². The predicted molar refractivity (Wildman–Crippen MR) is 109 cm³/mol. The number of carbonyl (C=O) groups excluding carboxylic acids is 2. The van der Waals surface area contributed by atoms with Crippen LogP contribution in [0.1, 0.15) is 36.0 Å². The zero-order valence-electron chi connectivity index (χ0n) is 16.6. The monoisotopic (exact) mass is 396 g/mol. The molecule has 0 aromatic heterocycles. The average Bonchev–Trinajstić information content (AvgIpc) is 3.31. The van der Waals surface area contributed by atoms with E-state index in [0.29, 0.717) is 22.7 Å². The Labute approximate surface area is 169 Å². The summed E-state index contributed by atoms with van der Waals surface area (Å²) in [5.41, 5.74) is 1.94. The number of esters is 1. The zero-order valence-corrected chi connectivity index (χ0v) is 16.6. The van der Waals surface area contributed by atoms with Gasteiger partial charge in [-0.3, -0.25) is 4.79 Å². The molecule has 1 aliphatic carbocycles. The summed E-state index contributed by atoms with van der Waals surface area (Å²) in [6, 6.07) is 12.3. The molecule has 4 rings (SSSR count). The van der Waals surface area contributed by atoms with E-state index in [1.54, 1.807) is 30.3 Å². The Kier molecular flexibility index (Phi) is 5.05. The SMILES string of the molecule is CN(C)c1ccc(C(=O)OCC(=O)Nc2ccc3c(c2)OC2(CCCC2)O3)cc1. The van der Waals surface area contributed by atoms with Gasteiger partial charge in [0.1, 0.15) is 0 Å². The molecular weight excluding hydrogens is 372 g/mol. The molecule has 1 amide bonds. The van der Waals surface area contributed by atoms with Crippen molar-refractivity contribution in [3.63, 3.8) is 0 Å². The summed E-state index contributed by atoms with van der Waals surface area (Å²) in [5, 5.41) is 2.72. The lowest BCUT2D eigenvalue weighted by molar-refractivity contribution is -0.119. The quantitative estimate of drug-likeness (QED) is 0.779. The van der Waals surface area contributed by atoms with E-state index in [9.17, 15) is 9.59 Å². The number of fused-ring (bicyclic) bond motifs is 1. The number of benzene rings is 2. The van der Waals surface area contributed by atoms with Crippen LogP contribution < -0.4 is 19.7 Å².